The first-order chi connectivity index (χ1) is 21.1. The molecule has 1 aromatic carbocycles. The molecule has 45 heavy (non-hydrogen) atoms. The molecule has 3 fully saturated rings. The summed E-state index contributed by atoms with van der Waals surface area (Å²) in [6.07, 6.45) is 3.89. The quantitative estimate of drug-likeness (QED) is 0.293. The van der Waals surface area contributed by atoms with Gasteiger partial charge in [0.05, 0.1) is 28.2 Å². The van der Waals surface area contributed by atoms with Gasteiger partial charge in [0.25, 0.3) is 5.88 Å². The Morgan fingerprint density at radius 3 is 2.53 bits per heavy atom. The van der Waals surface area contributed by atoms with E-state index in [-0.39, 0.29) is 55.3 Å². The second-order valence-electron chi connectivity index (χ2n) is 13.2. The molecule has 2 amide bonds. The van der Waals surface area contributed by atoms with Gasteiger partial charge in [-0.25, -0.2) is 4.98 Å². The van der Waals surface area contributed by atoms with E-state index in [1.54, 1.807) is 17.4 Å². The number of β-amino-alcohol motifs (C(OH)–C–C–N with tert-alkyl or cyclic N) is 1. The number of benzene rings is 1. The molecule has 1 spiro atoms. The zero-order chi connectivity index (χ0) is 31.0. The number of nitrogens with one attached hydrogen (secondary N) is 2. The molecule has 12 heteroatoms. The van der Waals surface area contributed by atoms with Crippen LogP contribution in [-0.2, 0) is 9.59 Å². The summed E-state index contributed by atoms with van der Waals surface area (Å²) in [6.45, 7) is 10.0. The van der Waals surface area contributed by atoms with Crippen molar-refractivity contribution in [2.75, 3.05) is 19.6 Å². The Bertz CT molecular complexity index is 1460. The summed E-state index contributed by atoms with van der Waals surface area (Å²) in [7, 11) is 0. The lowest BCUT2D eigenvalue weighted by Crippen LogP contribution is -2.49. The minimum absolute atomic E-state index is 0. The number of amides is 2. The van der Waals surface area contributed by atoms with Gasteiger partial charge in [-0.05, 0) is 80.2 Å². The highest BCUT2D eigenvalue weighted by Crippen LogP contribution is 2.49. The number of hydrogen-bond acceptors (Lipinski definition) is 9. The molecule has 4 atom stereocenters. The monoisotopic (exact) mass is 657 g/mol. The molecular formula is C33H44ClN5O5S. The highest BCUT2D eigenvalue weighted by molar-refractivity contribution is 7.13. The number of likely N-dealkylation sites (tertiary alicyclic amines) is 1. The van der Waals surface area contributed by atoms with Gasteiger partial charge in [-0.1, -0.05) is 38.1 Å². The summed E-state index contributed by atoms with van der Waals surface area (Å²) in [6, 6.07) is 8.73. The van der Waals surface area contributed by atoms with E-state index in [0.29, 0.717) is 17.1 Å². The molecule has 1 saturated carbocycles. The lowest BCUT2D eigenvalue weighted by molar-refractivity contribution is -0.141. The SMILES string of the molecule is Cc1ncsc1-c1ccc(C(C)NC(=O)[C@@H]2C[C@@H](O)CN2C(=O)C(c2cc(OC3CC4(CCNCC4)C3)no2)C(C)C)cc1.Cl. The van der Waals surface area contributed by atoms with Crippen LogP contribution in [0, 0.1) is 18.3 Å². The summed E-state index contributed by atoms with van der Waals surface area (Å²) in [4.78, 5) is 34.5. The number of nitrogens with zero attached hydrogens (tertiary/aromatic N) is 3. The number of aliphatic hydroxyl groups is 1. The Morgan fingerprint density at radius 2 is 1.89 bits per heavy atom. The van der Waals surface area contributed by atoms with Crippen molar-refractivity contribution >= 4 is 35.6 Å². The maximum Gasteiger partial charge on any atom is 0.254 e. The Hall–Kier alpha value is -2.99. The van der Waals surface area contributed by atoms with E-state index >= 15 is 0 Å². The van der Waals surface area contributed by atoms with Crippen molar-refractivity contribution < 1.29 is 24.0 Å². The largest absolute Gasteiger partial charge is 0.472 e. The van der Waals surface area contributed by atoms with Gasteiger partial charge in [-0.2, -0.15) is 0 Å². The maximum absolute atomic E-state index is 14.0. The van der Waals surface area contributed by atoms with E-state index < -0.39 is 18.1 Å². The summed E-state index contributed by atoms with van der Waals surface area (Å²) in [5.74, 6) is -0.502. The average molecular weight is 658 g/mol. The van der Waals surface area contributed by atoms with Crippen LogP contribution in [0.15, 0.2) is 40.4 Å². The second-order valence-corrected chi connectivity index (χ2v) is 14.1. The summed E-state index contributed by atoms with van der Waals surface area (Å²) in [5.41, 5.74) is 5.25. The summed E-state index contributed by atoms with van der Waals surface area (Å²) >= 11 is 1.60. The van der Waals surface area contributed by atoms with E-state index in [9.17, 15) is 14.7 Å². The molecule has 2 unspecified atom stereocenters. The van der Waals surface area contributed by atoms with Crippen LogP contribution in [-0.4, -0.2) is 69.8 Å². The first-order valence-electron chi connectivity index (χ1n) is 15.8. The third kappa shape index (κ3) is 7.06. The molecule has 3 aliphatic rings. The Labute approximate surface area is 274 Å². The molecule has 0 radical (unpaired) electrons. The number of ether oxygens (including phenoxy) is 1. The van der Waals surface area contributed by atoms with Crippen LogP contribution in [0.5, 0.6) is 5.88 Å². The van der Waals surface area contributed by atoms with Crippen molar-refractivity contribution in [1.82, 2.24) is 25.7 Å². The molecule has 6 rings (SSSR count). The van der Waals surface area contributed by atoms with E-state index in [4.69, 9.17) is 9.26 Å². The number of rotatable bonds is 9. The molecular weight excluding hydrogens is 614 g/mol. The molecule has 2 aromatic heterocycles. The molecule has 10 nitrogen and oxygen atoms in total. The maximum atomic E-state index is 14.0. The first-order valence-corrected chi connectivity index (χ1v) is 16.6. The van der Waals surface area contributed by atoms with E-state index in [0.717, 1.165) is 47.6 Å². The van der Waals surface area contributed by atoms with Crippen molar-refractivity contribution in [2.24, 2.45) is 11.3 Å². The average Bonchev–Trinajstić information content (AvgIpc) is 3.73. The van der Waals surface area contributed by atoms with Crippen LogP contribution in [0.25, 0.3) is 10.4 Å². The van der Waals surface area contributed by atoms with Gasteiger partial charge in [-0.3, -0.25) is 9.59 Å². The number of aliphatic hydroxyl groups excluding tert-OH is 1. The summed E-state index contributed by atoms with van der Waals surface area (Å²) in [5, 5.41) is 21.2. The normalized spacial score (nSPS) is 22.5. The number of hydrogen-bond donors (Lipinski definition) is 3. The predicted octanol–water partition coefficient (Wildman–Crippen LogP) is 5.02. The Balaban J connectivity index is 0.00000400. The van der Waals surface area contributed by atoms with Crippen molar-refractivity contribution in [1.29, 1.82) is 0 Å². The fraction of sp³-hybridized carbons (Fsp3) is 0.576. The topological polar surface area (TPSA) is 130 Å². The van der Waals surface area contributed by atoms with E-state index in [1.165, 1.54) is 17.7 Å². The van der Waals surface area contributed by atoms with Crippen LogP contribution in [0.2, 0.25) is 0 Å². The predicted molar refractivity (Wildman–Crippen MR) is 174 cm³/mol. The number of aromatic nitrogens is 2. The molecule has 3 aromatic rings. The van der Waals surface area contributed by atoms with Gasteiger partial charge in [0, 0.05) is 19.0 Å². The smallest absolute Gasteiger partial charge is 0.254 e. The number of aryl methyl sites for hydroxylation is 1. The fourth-order valence-electron chi connectivity index (χ4n) is 7.11. The molecule has 3 N–H and O–H groups in total. The van der Waals surface area contributed by atoms with Gasteiger partial charge >= 0.3 is 0 Å². The lowest BCUT2D eigenvalue weighted by atomic mass is 9.62. The molecule has 0 bridgehead atoms. The highest BCUT2D eigenvalue weighted by atomic mass is 35.5. The highest BCUT2D eigenvalue weighted by Gasteiger charge is 2.47. The van der Waals surface area contributed by atoms with Crippen molar-refractivity contribution in [3.63, 3.8) is 0 Å². The van der Waals surface area contributed by atoms with Crippen molar-refractivity contribution in [2.45, 2.75) is 90.0 Å². The Morgan fingerprint density at radius 1 is 1.18 bits per heavy atom. The second kappa shape index (κ2) is 13.8. The van der Waals surface area contributed by atoms with Gasteiger partial charge in [0.15, 0.2) is 5.76 Å². The van der Waals surface area contributed by atoms with Crippen LogP contribution in [0.3, 0.4) is 0 Å². The number of thiazole rings is 1. The van der Waals surface area contributed by atoms with Crippen LogP contribution in [0.1, 0.15) is 81.9 Å². The molecule has 1 aliphatic carbocycles. The summed E-state index contributed by atoms with van der Waals surface area (Å²) < 4.78 is 11.8. The Kier molecular flexibility index (Phi) is 10.2. The molecule has 2 aliphatic heterocycles. The lowest BCUT2D eigenvalue weighted by Gasteiger charge is -2.49. The standard InChI is InChI=1S/C33H43N5O5S.ClH/c1-19(2)29(27-14-28(37-43-27)42-25-15-33(16-25)9-11-34-12-10-33)32(41)38-17-24(39)13-26(38)31(40)36-20(3)22-5-7-23(8-6-22)30-21(4)35-18-44-30;/h5-8,14,18-20,24-26,29,34,39H,9-13,15-17H2,1-4H3,(H,36,40);1H/t20?,24-,26+,29?;/m1./s1. The van der Waals surface area contributed by atoms with Gasteiger partial charge in [0.1, 0.15) is 18.1 Å². The number of halogens is 1. The zero-order valence-corrected chi connectivity index (χ0v) is 28.0. The molecule has 244 valence electrons. The molecule has 2 saturated heterocycles. The number of carbonyl (C=O) groups excluding carboxylic acids is 2. The first kappa shape index (κ1) is 33.4. The minimum Gasteiger partial charge on any atom is -0.472 e. The molecule has 4 heterocycles. The number of piperidine rings is 1. The van der Waals surface area contributed by atoms with Gasteiger partial charge in [0.2, 0.25) is 11.8 Å². The van der Waals surface area contributed by atoms with Gasteiger partial charge < -0.3 is 29.9 Å². The van der Waals surface area contributed by atoms with Crippen molar-refractivity contribution in [3.05, 3.63) is 52.9 Å². The van der Waals surface area contributed by atoms with Gasteiger partial charge in [-0.15, -0.1) is 23.7 Å². The van der Waals surface area contributed by atoms with E-state index in [2.05, 4.69) is 20.8 Å². The minimum atomic E-state index is -0.783. The third-order valence-corrected chi connectivity index (χ3v) is 10.6. The third-order valence-electron chi connectivity index (χ3n) is 9.66. The van der Waals surface area contributed by atoms with E-state index in [1.807, 2.05) is 57.5 Å². The zero-order valence-electron chi connectivity index (χ0n) is 26.3. The van der Waals surface area contributed by atoms with Crippen molar-refractivity contribution in [3.8, 4) is 16.3 Å². The van der Waals surface area contributed by atoms with Crippen LogP contribution >= 0.6 is 23.7 Å². The van der Waals surface area contributed by atoms with Crippen LogP contribution in [0.4, 0.5) is 0 Å². The fourth-order valence-corrected chi connectivity index (χ4v) is 7.93. The van der Waals surface area contributed by atoms with Crippen LogP contribution < -0.4 is 15.4 Å². The number of carbonyl (C=O) groups is 2.